The fourth-order valence-corrected chi connectivity index (χ4v) is 3.69. The van der Waals surface area contributed by atoms with E-state index in [1.54, 1.807) is 0 Å². The first-order chi connectivity index (χ1) is 15.8. The van der Waals surface area contributed by atoms with E-state index in [1.165, 1.54) is 36.7 Å². The molecule has 184 valence electrons. The van der Waals surface area contributed by atoms with Crippen LogP contribution in [0.1, 0.15) is 23.9 Å². The molecule has 0 fully saturated rings. The molecule has 0 aliphatic heterocycles. The van der Waals surface area contributed by atoms with Crippen LogP contribution in [-0.4, -0.2) is 58.4 Å². The number of rotatable bonds is 9. The molecule has 34 heavy (non-hydrogen) atoms. The first kappa shape index (κ1) is 25.7. The number of hydrogen-bond acceptors (Lipinski definition) is 8. The number of nitrogens with zero attached hydrogens (tertiary/aromatic N) is 5. The fraction of sp³-hybridized carbons (Fsp3) is 0.333. The van der Waals surface area contributed by atoms with E-state index in [0.717, 1.165) is 0 Å². The SMILES string of the molecule is CS(=O)(=O)N(C[C@H](Nc1ncc(-c2nnc(C(F)F)o2)cn1)c1ccc(Cl)cc1)CC(F)(F)F. The van der Waals surface area contributed by atoms with Crippen molar-refractivity contribution in [2.24, 2.45) is 0 Å². The second kappa shape index (κ2) is 10.1. The third-order valence-corrected chi connectivity index (χ3v) is 5.78. The maximum atomic E-state index is 13.0. The second-order valence-corrected chi connectivity index (χ2v) is 9.38. The Kier molecular flexibility index (Phi) is 7.67. The smallest absolute Gasteiger partial charge is 0.402 e. The average molecular weight is 527 g/mol. The Morgan fingerprint density at radius 1 is 1.12 bits per heavy atom. The largest absolute Gasteiger partial charge is 0.415 e. The zero-order valence-corrected chi connectivity index (χ0v) is 18.7. The molecular formula is C18H16ClF5N6O3S. The minimum absolute atomic E-state index is 0.0854. The number of aromatic nitrogens is 4. The van der Waals surface area contributed by atoms with Crippen LogP contribution >= 0.6 is 11.6 Å². The van der Waals surface area contributed by atoms with E-state index in [1.807, 2.05) is 0 Å². The van der Waals surface area contributed by atoms with Crippen LogP contribution in [0, 0.1) is 0 Å². The summed E-state index contributed by atoms with van der Waals surface area (Å²) in [6.07, 6.45) is -4.73. The molecule has 2 heterocycles. The second-order valence-electron chi connectivity index (χ2n) is 6.96. The highest BCUT2D eigenvalue weighted by Gasteiger charge is 2.36. The third-order valence-electron chi connectivity index (χ3n) is 4.31. The minimum atomic E-state index is -4.77. The first-order valence-corrected chi connectivity index (χ1v) is 11.5. The molecular weight excluding hydrogens is 511 g/mol. The standard InChI is InChI=1S/C18H16ClF5N6O3S/c1-34(31,32)30(9-18(22,23)24)8-13(10-2-4-12(19)5-3-10)27-17-25-6-11(7-26-17)15-28-29-16(33-15)14(20)21/h2-7,13-14H,8-9H2,1H3,(H,25,26,27)/t13-/m0/s1. The van der Waals surface area contributed by atoms with E-state index in [-0.39, 0.29) is 21.7 Å². The summed E-state index contributed by atoms with van der Waals surface area (Å²) >= 11 is 5.87. The third kappa shape index (κ3) is 7.04. The predicted octanol–water partition coefficient (Wildman–Crippen LogP) is 4.09. The minimum Gasteiger partial charge on any atom is -0.415 e. The van der Waals surface area contributed by atoms with Gasteiger partial charge in [0.1, 0.15) is 6.54 Å². The zero-order chi connectivity index (χ0) is 25.1. The van der Waals surface area contributed by atoms with Gasteiger partial charge in [0.05, 0.1) is 17.9 Å². The van der Waals surface area contributed by atoms with Crippen molar-refractivity contribution < 1.29 is 34.8 Å². The van der Waals surface area contributed by atoms with Crippen LogP contribution in [0.15, 0.2) is 41.1 Å². The molecule has 0 saturated carbocycles. The molecule has 0 unspecified atom stereocenters. The van der Waals surface area contributed by atoms with Crippen LogP contribution in [0.3, 0.4) is 0 Å². The lowest BCUT2D eigenvalue weighted by atomic mass is 10.1. The number of anilines is 1. The number of alkyl halides is 5. The van der Waals surface area contributed by atoms with Crippen LogP contribution in [0.5, 0.6) is 0 Å². The molecule has 0 aliphatic carbocycles. The molecule has 0 bridgehead atoms. The number of hydrogen-bond donors (Lipinski definition) is 1. The Morgan fingerprint density at radius 3 is 2.24 bits per heavy atom. The highest BCUT2D eigenvalue weighted by molar-refractivity contribution is 7.88. The first-order valence-electron chi connectivity index (χ1n) is 9.29. The lowest BCUT2D eigenvalue weighted by molar-refractivity contribution is -0.136. The molecule has 0 aliphatic rings. The van der Waals surface area contributed by atoms with Gasteiger partial charge in [0.15, 0.2) is 0 Å². The van der Waals surface area contributed by atoms with Gasteiger partial charge in [-0.25, -0.2) is 18.4 Å². The van der Waals surface area contributed by atoms with Crippen LogP contribution in [0.4, 0.5) is 27.9 Å². The molecule has 3 rings (SSSR count). The van der Waals surface area contributed by atoms with Gasteiger partial charge in [0, 0.05) is 24.0 Å². The van der Waals surface area contributed by atoms with Gasteiger partial charge >= 0.3 is 12.6 Å². The molecule has 16 heteroatoms. The Balaban J connectivity index is 1.87. The lowest BCUT2D eigenvalue weighted by Gasteiger charge is -2.27. The predicted molar refractivity (Wildman–Crippen MR) is 111 cm³/mol. The highest BCUT2D eigenvalue weighted by atomic mass is 35.5. The summed E-state index contributed by atoms with van der Waals surface area (Å²) in [5.74, 6) is -1.23. The summed E-state index contributed by atoms with van der Waals surface area (Å²) in [5, 5.41) is 9.80. The van der Waals surface area contributed by atoms with Crippen molar-refractivity contribution in [1.29, 1.82) is 0 Å². The van der Waals surface area contributed by atoms with Crippen molar-refractivity contribution in [3.05, 3.63) is 53.1 Å². The van der Waals surface area contributed by atoms with Gasteiger partial charge in [-0.3, -0.25) is 0 Å². The molecule has 0 spiro atoms. The molecule has 1 aromatic carbocycles. The summed E-state index contributed by atoms with van der Waals surface area (Å²) in [4.78, 5) is 7.96. The van der Waals surface area contributed by atoms with E-state index in [0.29, 0.717) is 16.8 Å². The topological polar surface area (TPSA) is 114 Å². The Labute approximate surface area is 195 Å². The molecule has 1 N–H and O–H groups in total. The van der Waals surface area contributed by atoms with Gasteiger partial charge in [-0.05, 0) is 17.7 Å². The maximum absolute atomic E-state index is 13.0. The highest BCUT2D eigenvalue weighted by Crippen LogP contribution is 2.26. The van der Waals surface area contributed by atoms with Crippen LogP contribution < -0.4 is 5.32 Å². The van der Waals surface area contributed by atoms with E-state index >= 15 is 0 Å². The van der Waals surface area contributed by atoms with Gasteiger partial charge in [-0.2, -0.15) is 26.3 Å². The van der Waals surface area contributed by atoms with Crippen molar-refractivity contribution in [3.8, 4) is 11.5 Å². The summed E-state index contributed by atoms with van der Waals surface area (Å²) in [7, 11) is -4.23. The van der Waals surface area contributed by atoms with E-state index < -0.39 is 47.6 Å². The van der Waals surface area contributed by atoms with Crippen molar-refractivity contribution in [1.82, 2.24) is 24.5 Å². The van der Waals surface area contributed by atoms with Crippen molar-refractivity contribution >= 4 is 27.6 Å². The van der Waals surface area contributed by atoms with Gasteiger partial charge in [-0.15, -0.1) is 10.2 Å². The van der Waals surface area contributed by atoms with Crippen molar-refractivity contribution in [2.45, 2.75) is 18.6 Å². The van der Waals surface area contributed by atoms with E-state index in [2.05, 4.69) is 25.5 Å². The van der Waals surface area contributed by atoms with Gasteiger partial charge in [0.2, 0.25) is 16.0 Å². The fourth-order valence-electron chi connectivity index (χ4n) is 2.76. The van der Waals surface area contributed by atoms with Gasteiger partial charge < -0.3 is 9.73 Å². The number of benzene rings is 1. The van der Waals surface area contributed by atoms with Crippen LogP contribution in [0.2, 0.25) is 5.02 Å². The van der Waals surface area contributed by atoms with Gasteiger partial charge in [0.25, 0.3) is 11.8 Å². The number of nitrogens with one attached hydrogen (secondary N) is 1. The molecule has 2 aromatic heterocycles. The molecule has 9 nitrogen and oxygen atoms in total. The van der Waals surface area contributed by atoms with Gasteiger partial charge in [-0.1, -0.05) is 23.7 Å². The number of sulfonamides is 1. The summed E-state index contributed by atoms with van der Waals surface area (Å²) in [6, 6.07) is 4.98. The van der Waals surface area contributed by atoms with Crippen molar-refractivity contribution in [2.75, 3.05) is 24.7 Å². The number of halogens is 6. The van der Waals surface area contributed by atoms with Crippen LogP contribution in [0.25, 0.3) is 11.5 Å². The Bertz CT molecular complexity index is 1210. The van der Waals surface area contributed by atoms with Crippen molar-refractivity contribution in [3.63, 3.8) is 0 Å². The average Bonchev–Trinajstić information content (AvgIpc) is 3.23. The monoisotopic (exact) mass is 526 g/mol. The lowest BCUT2D eigenvalue weighted by Crippen LogP contribution is -2.42. The molecule has 0 amide bonds. The summed E-state index contributed by atoms with van der Waals surface area (Å²) in [5.41, 5.74) is 0.522. The van der Waals surface area contributed by atoms with E-state index in [9.17, 15) is 30.4 Å². The normalized spacial score (nSPS) is 13.4. The summed E-state index contributed by atoms with van der Waals surface area (Å²) in [6.45, 7) is -2.30. The molecule has 3 aromatic rings. The maximum Gasteiger partial charge on any atom is 0.402 e. The zero-order valence-electron chi connectivity index (χ0n) is 17.2. The quantitative estimate of drug-likeness (QED) is 0.415. The van der Waals surface area contributed by atoms with Crippen LogP contribution in [-0.2, 0) is 10.0 Å². The van der Waals surface area contributed by atoms with E-state index in [4.69, 9.17) is 16.0 Å². The molecule has 0 radical (unpaired) electrons. The molecule has 1 atom stereocenters. The Hall–Kier alpha value is -2.91. The Morgan fingerprint density at radius 2 is 1.74 bits per heavy atom. The molecule has 0 saturated heterocycles. The summed E-state index contributed by atoms with van der Waals surface area (Å²) < 4.78 is 93.3.